The second kappa shape index (κ2) is 5.54. The first kappa shape index (κ1) is 11.8. The van der Waals surface area contributed by atoms with Crippen LogP contribution in [-0.4, -0.2) is 0 Å². The fourth-order valence-electron chi connectivity index (χ4n) is 1.78. The zero-order chi connectivity index (χ0) is 10.6. The third kappa shape index (κ3) is 3.12. The molecule has 0 bridgehead atoms. The molecule has 76 valence electrons. The first-order valence-electron chi connectivity index (χ1n) is 5.00. The van der Waals surface area contributed by atoms with Gasteiger partial charge in [-0.3, -0.25) is 0 Å². The van der Waals surface area contributed by atoms with E-state index in [1.54, 1.807) is 0 Å². The van der Waals surface area contributed by atoms with Crippen LogP contribution in [0.1, 0.15) is 13.8 Å². The third-order valence-corrected chi connectivity index (χ3v) is 3.39. The zero-order valence-electron chi connectivity index (χ0n) is 8.78. The molecule has 0 aliphatic heterocycles. The second-order valence-corrected chi connectivity index (χ2v) is 5.07. The maximum atomic E-state index is 3.69. The molecule has 0 amide bonds. The van der Waals surface area contributed by atoms with Gasteiger partial charge in [-0.05, 0) is 40.3 Å². The molecule has 0 aromatic carbocycles. The monoisotopic (exact) mass is 300 g/mol. The zero-order valence-corrected chi connectivity index (χ0v) is 10.9. The van der Waals surface area contributed by atoms with Crippen molar-refractivity contribution >= 4 is 22.6 Å². The molecule has 0 nitrogen and oxygen atoms in total. The van der Waals surface area contributed by atoms with E-state index < -0.39 is 0 Å². The van der Waals surface area contributed by atoms with Gasteiger partial charge in [-0.25, -0.2) is 0 Å². The summed E-state index contributed by atoms with van der Waals surface area (Å²) < 4.78 is 1.35. The van der Waals surface area contributed by atoms with Crippen molar-refractivity contribution in [3.63, 3.8) is 0 Å². The summed E-state index contributed by atoms with van der Waals surface area (Å²) in [5, 5.41) is 0. The van der Waals surface area contributed by atoms with Gasteiger partial charge in [0.1, 0.15) is 0 Å². The van der Waals surface area contributed by atoms with E-state index in [1.807, 2.05) is 12.2 Å². The van der Waals surface area contributed by atoms with Crippen LogP contribution in [0.15, 0.2) is 46.6 Å². The Morgan fingerprint density at radius 2 is 2.29 bits per heavy atom. The molecular formula is C13H17I. The fraction of sp³-hybridized carbons (Fsp3) is 0.385. The summed E-state index contributed by atoms with van der Waals surface area (Å²) in [5.41, 5.74) is 0. The molecule has 1 heteroatoms. The van der Waals surface area contributed by atoms with E-state index in [0.29, 0.717) is 17.8 Å². The van der Waals surface area contributed by atoms with Crippen molar-refractivity contribution in [3.05, 3.63) is 46.6 Å². The fourth-order valence-corrected chi connectivity index (χ4v) is 2.40. The lowest BCUT2D eigenvalue weighted by Gasteiger charge is -2.25. The summed E-state index contributed by atoms with van der Waals surface area (Å²) in [7, 11) is 0. The Bertz CT molecular complexity index is 284. The Balaban J connectivity index is 2.71. The van der Waals surface area contributed by atoms with Crippen LogP contribution in [0.25, 0.3) is 0 Å². The van der Waals surface area contributed by atoms with Crippen molar-refractivity contribution in [3.8, 4) is 0 Å². The van der Waals surface area contributed by atoms with Crippen LogP contribution < -0.4 is 0 Å². The Morgan fingerprint density at radius 1 is 1.57 bits per heavy atom. The van der Waals surface area contributed by atoms with Gasteiger partial charge in [0.25, 0.3) is 0 Å². The second-order valence-electron chi connectivity index (χ2n) is 3.83. The summed E-state index contributed by atoms with van der Waals surface area (Å²) in [4.78, 5) is 0. The highest BCUT2D eigenvalue weighted by Gasteiger charge is 2.20. The molecule has 0 fully saturated rings. The molecule has 0 spiro atoms. The van der Waals surface area contributed by atoms with E-state index in [-0.39, 0.29) is 0 Å². The molecule has 3 atom stereocenters. The quantitative estimate of drug-likeness (QED) is 0.531. The highest BCUT2D eigenvalue weighted by molar-refractivity contribution is 14.1. The van der Waals surface area contributed by atoms with Gasteiger partial charge in [-0.1, -0.05) is 56.9 Å². The maximum absolute atomic E-state index is 3.69. The molecule has 0 N–H and O–H groups in total. The normalized spacial score (nSPS) is 28.9. The summed E-state index contributed by atoms with van der Waals surface area (Å²) in [6, 6.07) is 0. The molecule has 0 aromatic heterocycles. The minimum atomic E-state index is 0.581. The number of rotatable bonds is 3. The lowest BCUT2D eigenvalue weighted by atomic mass is 9.81. The van der Waals surface area contributed by atoms with E-state index in [1.165, 1.54) is 3.58 Å². The molecule has 0 radical (unpaired) electrons. The maximum Gasteiger partial charge on any atom is 0.00901 e. The first-order valence-corrected chi connectivity index (χ1v) is 6.07. The number of hydrogen-bond acceptors (Lipinski definition) is 0. The first-order chi connectivity index (χ1) is 6.65. The smallest absolute Gasteiger partial charge is 0.00901 e. The molecule has 0 heterocycles. The molecular weight excluding hydrogens is 283 g/mol. The minimum absolute atomic E-state index is 0.581. The number of halogens is 1. The molecule has 1 aliphatic carbocycles. The Kier molecular flexibility index (Phi) is 4.66. The topological polar surface area (TPSA) is 0 Å². The van der Waals surface area contributed by atoms with E-state index >= 15 is 0 Å². The molecule has 1 rings (SSSR count). The molecule has 0 aromatic rings. The van der Waals surface area contributed by atoms with Gasteiger partial charge in [0.15, 0.2) is 0 Å². The van der Waals surface area contributed by atoms with Crippen LogP contribution in [-0.2, 0) is 0 Å². The highest BCUT2D eigenvalue weighted by Crippen LogP contribution is 2.31. The van der Waals surface area contributed by atoms with Crippen molar-refractivity contribution in [1.82, 2.24) is 0 Å². The van der Waals surface area contributed by atoms with Gasteiger partial charge < -0.3 is 0 Å². The van der Waals surface area contributed by atoms with Gasteiger partial charge in [-0.15, -0.1) is 0 Å². The minimum Gasteiger partial charge on any atom is -0.0991 e. The third-order valence-electron chi connectivity index (χ3n) is 2.68. The van der Waals surface area contributed by atoms with Crippen LogP contribution in [0.2, 0.25) is 0 Å². The Morgan fingerprint density at radius 3 is 2.93 bits per heavy atom. The van der Waals surface area contributed by atoms with E-state index in [2.05, 4.69) is 67.3 Å². The van der Waals surface area contributed by atoms with Crippen LogP contribution in [0, 0.1) is 17.8 Å². The van der Waals surface area contributed by atoms with Crippen molar-refractivity contribution in [2.24, 2.45) is 17.8 Å². The van der Waals surface area contributed by atoms with E-state index in [0.717, 1.165) is 0 Å². The lowest BCUT2D eigenvalue weighted by Crippen LogP contribution is -2.16. The molecule has 3 unspecified atom stereocenters. The molecule has 1 aliphatic rings. The average Bonchev–Trinajstić information content (AvgIpc) is 2.18. The summed E-state index contributed by atoms with van der Waals surface area (Å²) in [5.74, 6) is 1.85. The SMILES string of the molecule is C=C/C=C\C(C)C1C=C(I)C=CC1C. The van der Waals surface area contributed by atoms with Crippen LogP contribution in [0.5, 0.6) is 0 Å². The van der Waals surface area contributed by atoms with E-state index in [9.17, 15) is 0 Å². The van der Waals surface area contributed by atoms with Crippen LogP contribution >= 0.6 is 22.6 Å². The van der Waals surface area contributed by atoms with Crippen molar-refractivity contribution in [2.45, 2.75) is 13.8 Å². The van der Waals surface area contributed by atoms with Gasteiger partial charge in [0.05, 0.1) is 0 Å². The standard InChI is InChI=1S/C13H17I/c1-4-5-6-10(2)13-9-12(14)8-7-11(13)3/h4-11,13H,1H2,2-3H3/b6-5-. The lowest BCUT2D eigenvalue weighted by molar-refractivity contribution is 0.413. The summed E-state index contributed by atoms with van der Waals surface area (Å²) in [6.07, 6.45) is 13.0. The average molecular weight is 300 g/mol. The van der Waals surface area contributed by atoms with Gasteiger partial charge in [0.2, 0.25) is 0 Å². The van der Waals surface area contributed by atoms with Crippen LogP contribution in [0.3, 0.4) is 0 Å². The van der Waals surface area contributed by atoms with Crippen LogP contribution in [0.4, 0.5) is 0 Å². The van der Waals surface area contributed by atoms with E-state index in [4.69, 9.17) is 0 Å². The largest absolute Gasteiger partial charge is 0.0991 e. The molecule has 14 heavy (non-hydrogen) atoms. The predicted octanol–water partition coefficient (Wildman–Crippen LogP) is 4.51. The van der Waals surface area contributed by atoms with Crippen molar-refractivity contribution < 1.29 is 0 Å². The molecule has 0 saturated heterocycles. The highest BCUT2D eigenvalue weighted by atomic mass is 127. The number of allylic oxidation sites excluding steroid dienone is 7. The molecule has 0 saturated carbocycles. The number of hydrogen-bond donors (Lipinski definition) is 0. The predicted molar refractivity (Wildman–Crippen MR) is 72.4 cm³/mol. The van der Waals surface area contributed by atoms with Gasteiger partial charge in [-0.2, -0.15) is 0 Å². The van der Waals surface area contributed by atoms with Gasteiger partial charge >= 0.3 is 0 Å². The summed E-state index contributed by atoms with van der Waals surface area (Å²) >= 11 is 2.38. The van der Waals surface area contributed by atoms with Gasteiger partial charge in [0, 0.05) is 3.58 Å². The van der Waals surface area contributed by atoms with Crippen molar-refractivity contribution in [2.75, 3.05) is 0 Å². The summed E-state index contributed by atoms with van der Waals surface area (Å²) in [6.45, 7) is 8.24. The Labute approximate surface area is 101 Å². The van der Waals surface area contributed by atoms with Crippen molar-refractivity contribution in [1.29, 1.82) is 0 Å². The Hall–Kier alpha value is -0.310.